The molecule has 4 rings (SSSR count). The van der Waals surface area contributed by atoms with Crippen molar-refractivity contribution in [3.63, 3.8) is 0 Å². The fourth-order valence-electron chi connectivity index (χ4n) is 5.06. The van der Waals surface area contributed by atoms with E-state index < -0.39 is 12.0 Å². The number of nitrogens with zero attached hydrogens (tertiary/aromatic N) is 2. The van der Waals surface area contributed by atoms with E-state index in [1.165, 1.54) is 21.3 Å². The summed E-state index contributed by atoms with van der Waals surface area (Å²) in [6.45, 7) is 0.476. The summed E-state index contributed by atoms with van der Waals surface area (Å²) in [5, 5.41) is 0. The van der Waals surface area contributed by atoms with Crippen molar-refractivity contribution in [1.29, 1.82) is 0 Å². The number of benzene rings is 3. The molecule has 1 heterocycles. The number of hydrogen-bond donors (Lipinski definition) is 0. The zero-order valence-corrected chi connectivity index (χ0v) is 22.5. The van der Waals surface area contributed by atoms with Crippen molar-refractivity contribution in [2.75, 3.05) is 40.4 Å². The Bertz CT molecular complexity index is 1240. The van der Waals surface area contributed by atoms with Crippen molar-refractivity contribution in [3.05, 3.63) is 77.9 Å². The van der Waals surface area contributed by atoms with Gasteiger partial charge in [0.1, 0.15) is 5.75 Å². The van der Waals surface area contributed by atoms with Gasteiger partial charge in [-0.25, -0.2) is 0 Å². The molecule has 2 atom stereocenters. The van der Waals surface area contributed by atoms with Gasteiger partial charge in [0.25, 0.3) is 0 Å². The zero-order valence-electron chi connectivity index (χ0n) is 22.5. The van der Waals surface area contributed by atoms with E-state index in [0.717, 1.165) is 11.1 Å². The number of carbonyl (C=O) groups is 2. The minimum absolute atomic E-state index is 0.0281. The summed E-state index contributed by atoms with van der Waals surface area (Å²) < 4.78 is 22.0. The van der Waals surface area contributed by atoms with Gasteiger partial charge in [-0.2, -0.15) is 0 Å². The molecule has 1 fully saturated rings. The second-order valence-corrected chi connectivity index (χ2v) is 9.19. The van der Waals surface area contributed by atoms with Crippen LogP contribution in [0.1, 0.15) is 30.0 Å². The molecule has 1 saturated heterocycles. The predicted molar refractivity (Wildman–Crippen MR) is 145 cm³/mol. The summed E-state index contributed by atoms with van der Waals surface area (Å²) in [6, 6.07) is 20.3. The number of piperidine rings is 1. The van der Waals surface area contributed by atoms with Crippen molar-refractivity contribution in [2.45, 2.75) is 25.4 Å². The van der Waals surface area contributed by atoms with Gasteiger partial charge in [0.05, 0.1) is 46.1 Å². The lowest BCUT2D eigenvalue weighted by Gasteiger charge is -2.42. The number of carbonyl (C=O) groups excluding carboxylic acids is 2. The van der Waals surface area contributed by atoms with E-state index in [1.807, 2.05) is 54.6 Å². The topological polar surface area (TPSA) is 77.5 Å². The van der Waals surface area contributed by atoms with Crippen LogP contribution >= 0.6 is 0 Å². The summed E-state index contributed by atoms with van der Waals surface area (Å²) in [6.07, 6.45) is 0.674. The molecule has 1 aliphatic heterocycles. The predicted octanol–water partition coefficient (Wildman–Crippen LogP) is 4.86. The first-order chi connectivity index (χ1) is 18.4. The summed E-state index contributed by atoms with van der Waals surface area (Å²) in [7, 11) is 8.01. The maximum atomic E-state index is 13.9. The first-order valence-electron chi connectivity index (χ1n) is 12.5. The third kappa shape index (κ3) is 5.39. The van der Waals surface area contributed by atoms with Crippen LogP contribution in [0.3, 0.4) is 0 Å². The van der Waals surface area contributed by atoms with Crippen molar-refractivity contribution < 1.29 is 28.5 Å². The van der Waals surface area contributed by atoms with Gasteiger partial charge in [0.15, 0.2) is 11.5 Å². The van der Waals surface area contributed by atoms with Gasteiger partial charge in [-0.3, -0.25) is 9.59 Å². The van der Waals surface area contributed by atoms with E-state index in [2.05, 4.69) is 0 Å². The maximum absolute atomic E-state index is 13.9. The van der Waals surface area contributed by atoms with Crippen molar-refractivity contribution in [1.82, 2.24) is 4.90 Å². The van der Waals surface area contributed by atoms with Crippen LogP contribution in [0, 0.1) is 5.92 Å². The molecule has 8 nitrogen and oxygen atoms in total. The lowest BCUT2D eigenvalue weighted by molar-refractivity contribution is -0.137. The van der Waals surface area contributed by atoms with Crippen LogP contribution in [0.4, 0.5) is 5.69 Å². The zero-order chi connectivity index (χ0) is 27.2. The fourth-order valence-corrected chi connectivity index (χ4v) is 5.06. The molecule has 3 aromatic rings. The first-order valence-corrected chi connectivity index (χ1v) is 12.5. The van der Waals surface area contributed by atoms with Crippen LogP contribution in [-0.2, 0) is 16.1 Å². The van der Waals surface area contributed by atoms with E-state index in [1.54, 1.807) is 36.1 Å². The minimum atomic E-state index is -0.546. The summed E-state index contributed by atoms with van der Waals surface area (Å²) >= 11 is 0. The second kappa shape index (κ2) is 11.9. The monoisotopic (exact) mass is 518 g/mol. The number of hydrogen-bond acceptors (Lipinski definition) is 6. The third-order valence-electron chi connectivity index (χ3n) is 6.94. The molecule has 38 heavy (non-hydrogen) atoms. The quantitative estimate of drug-likeness (QED) is 0.403. The molecule has 0 saturated carbocycles. The van der Waals surface area contributed by atoms with Gasteiger partial charge in [-0.05, 0) is 29.7 Å². The number of amides is 2. The Hall–Kier alpha value is -4.20. The number of ether oxygens (including phenoxy) is 4. The van der Waals surface area contributed by atoms with Crippen molar-refractivity contribution in [2.24, 2.45) is 5.92 Å². The van der Waals surface area contributed by atoms with Gasteiger partial charge in [-0.1, -0.05) is 42.5 Å². The molecule has 0 bridgehead atoms. The van der Waals surface area contributed by atoms with Gasteiger partial charge in [-0.15, -0.1) is 0 Å². The Morgan fingerprint density at radius 3 is 2.08 bits per heavy atom. The van der Waals surface area contributed by atoms with Crippen LogP contribution < -0.4 is 23.8 Å². The Morgan fingerprint density at radius 2 is 1.53 bits per heavy atom. The lowest BCUT2D eigenvalue weighted by Crippen LogP contribution is -2.48. The highest BCUT2D eigenvalue weighted by molar-refractivity contribution is 5.98. The molecule has 0 spiro atoms. The molecule has 3 aromatic carbocycles. The molecular weight excluding hydrogens is 484 g/mol. The van der Waals surface area contributed by atoms with Crippen LogP contribution in [0.15, 0.2) is 66.7 Å². The maximum Gasteiger partial charge on any atom is 0.228 e. The largest absolute Gasteiger partial charge is 0.497 e. The average Bonchev–Trinajstić information content (AvgIpc) is 2.96. The van der Waals surface area contributed by atoms with Crippen LogP contribution in [0.2, 0.25) is 0 Å². The van der Waals surface area contributed by atoms with E-state index in [0.29, 0.717) is 41.7 Å². The van der Waals surface area contributed by atoms with E-state index in [-0.39, 0.29) is 18.2 Å². The molecule has 200 valence electrons. The van der Waals surface area contributed by atoms with Crippen molar-refractivity contribution in [3.8, 4) is 23.0 Å². The SMILES string of the molecule is COc1ccc([C@H]2[C@H](C(=O)N(C)Cc3ccccc3)CCC(=O)N2c2cc(OC)c(OC)c(OC)c2)cc1. The second-order valence-electron chi connectivity index (χ2n) is 9.19. The number of methoxy groups -OCH3 is 4. The Balaban J connectivity index is 1.79. The molecule has 0 radical (unpaired) electrons. The van der Waals surface area contributed by atoms with E-state index in [9.17, 15) is 9.59 Å². The molecule has 0 N–H and O–H groups in total. The molecule has 0 unspecified atom stereocenters. The normalized spacial score (nSPS) is 17.1. The highest BCUT2D eigenvalue weighted by Crippen LogP contribution is 2.46. The van der Waals surface area contributed by atoms with Crippen LogP contribution in [0.25, 0.3) is 0 Å². The molecule has 8 heteroatoms. The number of anilines is 1. The Morgan fingerprint density at radius 1 is 0.895 bits per heavy atom. The van der Waals surface area contributed by atoms with Gasteiger partial charge in [0, 0.05) is 32.1 Å². The summed E-state index contributed by atoms with van der Waals surface area (Å²) in [5.41, 5.74) is 2.44. The molecule has 0 aromatic heterocycles. The van der Waals surface area contributed by atoms with Crippen LogP contribution in [-0.4, -0.2) is 52.2 Å². The molecule has 0 aliphatic carbocycles. The minimum Gasteiger partial charge on any atom is -0.497 e. The van der Waals surface area contributed by atoms with Crippen molar-refractivity contribution >= 4 is 17.5 Å². The lowest BCUT2D eigenvalue weighted by atomic mass is 9.82. The fraction of sp³-hybridized carbons (Fsp3) is 0.333. The van der Waals surface area contributed by atoms with Gasteiger partial charge in [0.2, 0.25) is 17.6 Å². The van der Waals surface area contributed by atoms with Gasteiger partial charge >= 0.3 is 0 Å². The Labute approximate surface area is 223 Å². The van der Waals surface area contributed by atoms with E-state index >= 15 is 0 Å². The highest BCUT2D eigenvalue weighted by Gasteiger charge is 2.43. The number of rotatable bonds is 9. The standard InChI is InChI=1S/C30H34N2O6/c1-31(19-20-9-7-6-8-10-20)30(34)24-15-16-27(33)32(28(24)21-11-13-23(35-2)14-12-21)22-17-25(36-3)29(38-5)26(18-22)37-4/h6-14,17-18,24,28H,15-16,19H2,1-5H3/t24-,28+/m1/s1. The highest BCUT2D eigenvalue weighted by atomic mass is 16.5. The molecule has 2 amide bonds. The molecule has 1 aliphatic rings. The summed E-state index contributed by atoms with van der Waals surface area (Å²) in [4.78, 5) is 30.9. The van der Waals surface area contributed by atoms with Gasteiger partial charge < -0.3 is 28.7 Å². The Kier molecular flexibility index (Phi) is 8.41. The smallest absolute Gasteiger partial charge is 0.228 e. The first kappa shape index (κ1) is 26.9. The third-order valence-corrected chi connectivity index (χ3v) is 6.94. The average molecular weight is 519 g/mol. The van der Waals surface area contributed by atoms with E-state index in [4.69, 9.17) is 18.9 Å². The van der Waals surface area contributed by atoms with Crippen LogP contribution in [0.5, 0.6) is 23.0 Å². The summed E-state index contributed by atoms with van der Waals surface area (Å²) in [5.74, 6) is 1.40. The molecular formula is C30H34N2O6.